The molecule has 0 spiro atoms. The van der Waals surface area contributed by atoms with Gasteiger partial charge in [-0.15, -0.1) is 0 Å². The Balaban J connectivity index is 1.61. The molecule has 0 bridgehead atoms. The molecule has 1 aliphatic heterocycles. The first-order valence-electron chi connectivity index (χ1n) is 8.95. The predicted octanol–water partition coefficient (Wildman–Crippen LogP) is 3.52. The monoisotopic (exact) mass is 362 g/mol. The molecule has 1 saturated heterocycles. The van der Waals surface area contributed by atoms with E-state index in [0.29, 0.717) is 0 Å². The van der Waals surface area contributed by atoms with Crippen LogP contribution < -0.4 is 0 Å². The fourth-order valence-corrected chi connectivity index (χ4v) is 3.89. The first kappa shape index (κ1) is 16.1. The maximum Gasteiger partial charge on any atom is 0.168 e. The van der Waals surface area contributed by atoms with Gasteiger partial charge in [-0.25, -0.2) is 15.0 Å². The molecular formula is C19H18N6O2. The maximum atomic E-state index is 10.5. The number of aromatic nitrogens is 5. The molecule has 0 N–H and O–H groups in total. The third-order valence-corrected chi connectivity index (χ3v) is 5.15. The summed E-state index contributed by atoms with van der Waals surface area (Å²) < 4.78 is 9.91. The molecule has 8 nitrogen and oxygen atoms in total. The van der Waals surface area contributed by atoms with Crippen LogP contribution in [0.3, 0.4) is 0 Å². The van der Waals surface area contributed by atoms with Gasteiger partial charge < -0.3 is 4.74 Å². The van der Waals surface area contributed by atoms with Gasteiger partial charge in [0.2, 0.25) is 0 Å². The molecule has 2 unspecified atom stereocenters. The van der Waals surface area contributed by atoms with Crippen LogP contribution >= 0.6 is 0 Å². The standard InChI is InChI=1S/C19H18N6O2/c1-12-3-2-4-13-7-8-24(17(12)13)18-16-19(21-10-20-18)25(11-22-16)15-6-5-14(27-15)9-23-26/h2-4,7-8,10-11,14-15H,5-6,9H2,1H3. The van der Waals surface area contributed by atoms with Gasteiger partial charge in [-0.05, 0) is 31.4 Å². The molecule has 4 heterocycles. The van der Waals surface area contributed by atoms with Gasteiger partial charge in [0.05, 0.1) is 17.9 Å². The van der Waals surface area contributed by atoms with E-state index in [1.807, 2.05) is 16.8 Å². The van der Waals surface area contributed by atoms with Crippen LogP contribution in [-0.2, 0) is 4.74 Å². The molecule has 4 aromatic rings. The Hall–Kier alpha value is -3.13. The van der Waals surface area contributed by atoms with Crippen LogP contribution in [0.25, 0.3) is 27.9 Å². The van der Waals surface area contributed by atoms with Gasteiger partial charge in [0.15, 0.2) is 17.0 Å². The summed E-state index contributed by atoms with van der Waals surface area (Å²) in [7, 11) is 0. The molecular weight excluding hydrogens is 344 g/mol. The highest BCUT2D eigenvalue weighted by atomic mass is 16.5. The largest absolute Gasteiger partial charge is 0.353 e. The second-order valence-electron chi connectivity index (χ2n) is 6.82. The van der Waals surface area contributed by atoms with Crippen molar-refractivity contribution in [2.24, 2.45) is 5.18 Å². The molecule has 1 aromatic carbocycles. The number of para-hydroxylation sites is 1. The van der Waals surface area contributed by atoms with Crippen LogP contribution in [-0.4, -0.2) is 36.7 Å². The van der Waals surface area contributed by atoms with E-state index in [2.05, 4.69) is 49.8 Å². The topological polar surface area (TPSA) is 87.2 Å². The second kappa shape index (κ2) is 6.24. The Morgan fingerprint density at radius 3 is 3.04 bits per heavy atom. The van der Waals surface area contributed by atoms with Gasteiger partial charge in [-0.2, -0.15) is 4.91 Å². The quantitative estimate of drug-likeness (QED) is 0.518. The number of rotatable bonds is 4. The maximum absolute atomic E-state index is 10.5. The van der Waals surface area contributed by atoms with E-state index in [-0.39, 0.29) is 18.9 Å². The normalized spacial score (nSPS) is 19.9. The third kappa shape index (κ3) is 2.52. The van der Waals surface area contributed by atoms with Crippen LogP contribution in [0.4, 0.5) is 0 Å². The van der Waals surface area contributed by atoms with Gasteiger partial charge in [-0.3, -0.25) is 9.13 Å². The van der Waals surface area contributed by atoms with Gasteiger partial charge in [0.1, 0.15) is 19.1 Å². The molecule has 1 aliphatic rings. The van der Waals surface area contributed by atoms with E-state index < -0.39 is 0 Å². The number of hydrogen-bond donors (Lipinski definition) is 0. The molecule has 27 heavy (non-hydrogen) atoms. The number of fused-ring (bicyclic) bond motifs is 2. The number of aryl methyl sites for hydroxylation is 1. The lowest BCUT2D eigenvalue weighted by Gasteiger charge is -2.14. The fraction of sp³-hybridized carbons (Fsp3) is 0.316. The summed E-state index contributed by atoms with van der Waals surface area (Å²) in [4.78, 5) is 24.0. The summed E-state index contributed by atoms with van der Waals surface area (Å²) in [5.74, 6) is 0.743. The number of nitrogens with zero attached hydrogens (tertiary/aromatic N) is 6. The molecule has 5 rings (SSSR count). The van der Waals surface area contributed by atoms with Crippen molar-refractivity contribution in [2.45, 2.75) is 32.1 Å². The zero-order chi connectivity index (χ0) is 18.4. The van der Waals surface area contributed by atoms with Crippen LogP contribution in [0.2, 0.25) is 0 Å². The van der Waals surface area contributed by atoms with E-state index in [0.717, 1.165) is 40.7 Å². The van der Waals surface area contributed by atoms with E-state index >= 15 is 0 Å². The minimum absolute atomic E-state index is 0.137. The van der Waals surface area contributed by atoms with Crippen molar-refractivity contribution in [1.82, 2.24) is 24.1 Å². The van der Waals surface area contributed by atoms with Crippen LogP contribution in [0.5, 0.6) is 0 Å². The lowest BCUT2D eigenvalue weighted by Crippen LogP contribution is -2.13. The number of imidazole rings is 1. The van der Waals surface area contributed by atoms with E-state index in [1.54, 1.807) is 12.7 Å². The Morgan fingerprint density at radius 1 is 1.22 bits per heavy atom. The molecule has 0 radical (unpaired) electrons. The van der Waals surface area contributed by atoms with E-state index in [4.69, 9.17) is 4.74 Å². The van der Waals surface area contributed by atoms with Gasteiger partial charge >= 0.3 is 0 Å². The highest BCUT2D eigenvalue weighted by molar-refractivity contribution is 5.88. The minimum atomic E-state index is -0.187. The fourth-order valence-electron chi connectivity index (χ4n) is 3.89. The van der Waals surface area contributed by atoms with Crippen molar-refractivity contribution in [1.29, 1.82) is 0 Å². The van der Waals surface area contributed by atoms with Crippen molar-refractivity contribution in [2.75, 3.05) is 6.54 Å². The molecule has 8 heteroatoms. The van der Waals surface area contributed by atoms with Crippen molar-refractivity contribution < 1.29 is 4.74 Å². The molecule has 1 fully saturated rings. The molecule has 3 aromatic heterocycles. The lowest BCUT2D eigenvalue weighted by atomic mass is 10.2. The number of ether oxygens (including phenoxy) is 1. The summed E-state index contributed by atoms with van der Waals surface area (Å²) in [6.07, 6.45) is 6.58. The zero-order valence-electron chi connectivity index (χ0n) is 14.8. The average molecular weight is 362 g/mol. The Morgan fingerprint density at radius 2 is 2.15 bits per heavy atom. The SMILES string of the molecule is Cc1cccc2ccn(-c3ncnc4c3ncn4C3CCC(CN=O)O3)c12. The summed E-state index contributed by atoms with van der Waals surface area (Å²) in [6, 6.07) is 8.30. The van der Waals surface area contributed by atoms with Gasteiger partial charge in [-0.1, -0.05) is 23.4 Å². The smallest absolute Gasteiger partial charge is 0.168 e. The Bertz CT molecular complexity index is 1150. The molecule has 0 amide bonds. The predicted molar refractivity (Wildman–Crippen MR) is 101 cm³/mol. The minimum Gasteiger partial charge on any atom is -0.353 e. The molecule has 2 atom stereocenters. The van der Waals surface area contributed by atoms with Crippen LogP contribution in [0, 0.1) is 11.8 Å². The first-order chi connectivity index (χ1) is 13.3. The van der Waals surface area contributed by atoms with E-state index in [9.17, 15) is 4.91 Å². The van der Waals surface area contributed by atoms with Gasteiger partial charge in [0, 0.05) is 11.6 Å². The summed E-state index contributed by atoms with van der Waals surface area (Å²) in [5, 5.41) is 4.11. The summed E-state index contributed by atoms with van der Waals surface area (Å²) >= 11 is 0. The summed E-state index contributed by atoms with van der Waals surface area (Å²) in [6.45, 7) is 2.27. The van der Waals surface area contributed by atoms with Crippen molar-refractivity contribution in [3.05, 3.63) is 53.6 Å². The Kier molecular flexibility index (Phi) is 3.71. The zero-order valence-corrected chi connectivity index (χ0v) is 14.8. The van der Waals surface area contributed by atoms with Crippen molar-refractivity contribution in [3.8, 4) is 5.82 Å². The number of hydrogen-bond acceptors (Lipinski definition) is 6. The number of nitroso groups, excluding NO2 is 1. The number of benzene rings is 1. The second-order valence-corrected chi connectivity index (χ2v) is 6.82. The van der Waals surface area contributed by atoms with Crippen molar-refractivity contribution in [3.63, 3.8) is 0 Å². The highest BCUT2D eigenvalue weighted by Gasteiger charge is 2.28. The highest BCUT2D eigenvalue weighted by Crippen LogP contribution is 2.32. The van der Waals surface area contributed by atoms with Crippen LogP contribution in [0.1, 0.15) is 24.6 Å². The van der Waals surface area contributed by atoms with Crippen LogP contribution in [0.15, 0.2) is 48.3 Å². The van der Waals surface area contributed by atoms with Gasteiger partial charge in [0.25, 0.3) is 0 Å². The first-order valence-corrected chi connectivity index (χ1v) is 8.95. The molecule has 0 aliphatic carbocycles. The van der Waals surface area contributed by atoms with E-state index in [1.165, 1.54) is 5.56 Å². The summed E-state index contributed by atoms with van der Waals surface area (Å²) in [5.41, 5.74) is 3.73. The third-order valence-electron chi connectivity index (χ3n) is 5.15. The van der Waals surface area contributed by atoms with Crippen molar-refractivity contribution >= 4 is 22.1 Å². The molecule has 0 saturated carbocycles. The average Bonchev–Trinajstić information content (AvgIpc) is 3.39. The lowest BCUT2D eigenvalue weighted by molar-refractivity contribution is 0.00876. The molecule has 136 valence electrons. The Labute approximate surface area is 154 Å².